The molecular weight excluding hydrogens is 821 g/mol. The zero-order valence-corrected chi connectivity index (χ0v) is 45.2. The van der Waals surface area contributed by atoms with Crippen LogP contribution in [-0.2, 0) is 12.8 Å². The lowest BCUT2D eigenvalue weighted by Crippen LogP contribution is -2.03. The standard InChI is InChI=1S/C66H104N2/c1-5-9-13-16-18-20-22-24-26-27-28-29-31-33-35-37-39-42-46-53-64-63(52-45-40-15-11-7-3)65(68(67)66(64)62-51-47-50-60(58-62)49-43-12-8-4)61-56-54-59(55-57-61)48-44-41-38-36-34-32-30-25-23-21-19-17-14-10-6-2/h47,50-51,54-58H,5-44,48-49H2,1-4H3. The summed E-state index contributed by atoms with van der Waals surface area (Å²) in [6, 6.07) is 17.8. The highest BCUT2D eigenvalue weighted by atomic mass is 15.2. The summed E-state index contributed by atoms with van der Waals surface area (Å²) in [6.45, 7) is 9.12. The van der Waals surface area contributed by atoms with Gasteiger partial charge in [-0.15, -0.1) is 0 Å². The van der Waals surface area contributed by atoms with Gasteiger partial charge in [0, 0.05) is 24.0 Å². The highest BCUT2D eigenvalue weighted by Gasteiger charge is 2.35. The molecule has 0 aromatic heterocycles. The van der Waals surface area contributed by atoms with E-state index in [2.05, 4.69) is 99.9 Å². The Balaban J connectivity index is 1.59. The molecule has 0 unspecified atom stereocenters. The van der Waals surface area contributed by atoms with Gasteiger partial charge in [-0.1, -0.05) is 294 Å². The predicted molar refractivity (Wildman–Crippen MR) is 301 cm³/mol. The van der Waals surface area contributed by atoms with Crippen LogP contribution >= 0.6 is 0 Å². The molecule has 1 aliphatic heterocycles. The van der Waals surface area contributed by atoms with Crippen molar-refractivity contribution in [3.8, 4) is 23.7 Å². The van der Waals surface area contributed by atoms with E-state index < -0.39 is 0 Å². The molecule has 378 valence electrons. The summed E-state index contributed by atoms with van der Waals surface area (Å²) in [5.74, 6) is 14.4. The van der Waals surface area contributed by atoms with Crippen LogP contribution in [0.25, 0.3) is 16.9 Å². The van der Waals surface area contributed by atoms with Crippen LogP contribution in [-0.4, -0.2) is 4.70 Å². The first-order valence-electron chi connectivity index (χ1n) is 29.8. The first kappa shape index (κ1) is 59.0. The largest absolute Gasteiger partial charge is 0.493 e. The molecule has 0 fully saturated rings. The van der Waals surface area contributed by atoms with Crippen LogP contribution in [0.15, 0.2) is 59.7 Å². The van der Waals surface area contributed by atoms with Crippen LogP contribution in [0, 0.1) is 23.7 Å². The van der Waals surface area contributed by atoms with Gasteiger partial charge in [-0.3, -0.25) is 0 Å². The molecular formula is C66H104N2. The zero-order valence-electron chi connectivity index (χ0n) is 45.2. The summed E-state index contributed by atoms with van der Waals surface area (Å²) in [4.78, 5) is 0. The normalized spacial score (nSPS) is 12.5. The van der Waals surface area contributed by atoms with Crippen LogP contribution in [0.1, 0.15) is 307 Å². The van der Waals surface area contributed by atoms with E-state index >= 15 is 0 Å². The number of allylic oxidation sites excluding steroid dienone is 2. The Labute approximate surface area is 422 Å². The van der Waals surface area contributed by atoms with Gasteiger partial charge in [0.1, 0.15) is 11.1 Å². The van der Waals surface area contributed by atoms with Gasteiger partial charge in [-0.25, -0.2) is 4.70 Å². The summed E-state index contributed by atoms with van der Waals surface area (Å²) >= 11 is 0. The number of aryl methyl sites for hydroxylation is 2. The van der Waals surface area contributed by atoms with Crippen molar-refractivity contribution in [2.45, 2.75) is 297 Å². The molecule has 0 saturated heterocycles. The quantitative estimate of drug-likeness (QED) is 0.0360. The van der Waals surface area contributed by atoms with Crippen molar-refractivity contribution in [1.82, 2.24) is 0 Å². The number of rotatable bonds is 42. The summed E-state index contributed by atoms with van der Waals surface area (Å²) in [5.41, 5.74) is 20.3. The molecule has 0 saturated carbocycles. The first-order valence-corrected chi connectivity index (χ1v) is 29.8. The van der Waals surface area contributed by atoms with Crippen molar-refractivity contribution in [2.75, 3.05) is 0 Å². The van der Waals surface area contributed by atoms with E-state index in [0.29, 0.717) is 0 Å². The van der Waals surface area contributed by atoms with Gasteiger partial charge in [0.2, 0.25) is 11.4 Å². The molecule has 2 heteroatoms. The van der Waals surface area contributed by atoms with Crippen molar-refractivity contribution >= 4 is 11.4 Å². The summed E-state index contributed by atoms with van der Waals surface area (Å²) in [6.07, 6.45) is 55.3. The third-order valence-electron chi connectivity index (χ3n) is 14.5. The van der Waals surface area contributed by atoms with Gasteiger partial charge in [-0.05, 0) is 73.9 Å². The summed E-state index contributed by atoms with van der Waals surface area (Å²) < 4.78 is 1.44. The third-order valence-corrected chi connectivity index (χ3v) is 14.5. The average molecular weight is 926 g/mol. The fourth-order valence-electron chi connectivity index (χ4n) is 10.0. The minimum absolute atomic E-state index is 0.778. The Hall–Kier alpha value is -3.36. The van der Waals surface area contributed by atoms with E-state index in [9.17, 15) is 5.53 Å². The van der Waals surface area contributed by atoms with E-state index in [1.807, 2.05) is 0 Å². The third kappa shape index (κ3) is 26.6. The zero-order chi connectivity index (χ0) is 48.4. The van der Waals surface area contributed by atoms with Crippen LogP contribution in [0.2, 0.25) is 0 Å². The lowest BCUT2D eigenvalue weighted by atomic mass is 9.97. The van der Waals surface area contributed by atoms with Gasteiger partial charge in [-0.2, -0.15) is 0 Å². The molecule has 1 heterocycles. The van der Waals surface area contributed by atoms with Gasteiger partial charge in [0.15, 0.2) is 0 Å². The van der Waals surface area contributed by atoms with Crippen LogP contribution in [0.3, 0.4) is 0 Å². The smallest absolute Gasteiger partial charge is 0.224 e. The maximum absolute atomic E-state index is 12.3. The second-order valence-corrected chi connectivity index (χ2v) is 20.8. The topological polar surface area (TPSA) is 25.3 Å². The number of unbranched alkanes of at least 4 members (excludes halogenated alkanes) is 36. The fraction of sp³-hybridized carbons (Fsp3) is 0.697. The van der Waals surface area contributed by atoms with Crippen LogP contribution in [0.5, 0.6) is 0 Å². The van der Waals surface area contributed by atoms with Gasteiger partial charge < -0.3 is 5.53 Å². The monoisotopic (exact) mass is 925 g/mol. The van der Waals surface area contributed by atoms with Crippen LogP contribution in [0.4, 0.5) is 0 Å². The molecule has 2 nitrogen and oxygen atoms in total. The Bertz CT molecular complexity index is 1770. The molecule has 68 heavy (non-hydrogen) atoms. The molecule has 0 amide bonds. The maximum atomic E-state index is 12.3. The number of benzene rings is 2. The second kappa shape index (κ2) is 41.4. The Morgan fingerprint density at radius 1 is 0.338 bits per heavy atom. The SMILES string of the molecule is CCCCCC#CC1=C(c2ccc(CCCCCCCCCCCCCCCCC)cc2)[N+](=[N-])C(c2cccc(CCCCC)c2)=C1C#CCCCCCCCCCCCCCCCCCCC. The Kier molecular flexibility index (Phi) is 35.9. The molecule has 1 aliphatic rings. The van der Waals surface area contributed by atoms with E-state index in [-0.39, 0.29) is 0 Å². The number of hydrogen-bond acceptors (Lipinski definition) is 0. The number of hydrogen-bond donors (Lipinski definition) is 0. The molecule has 0 spiro atoms. The highest BCUT2D eigenvalue weighted by molar-refractivity contribution is 5.88. The van der Waals surface area contributed by atoms with Crippen molar-refractivity contribution in [3.05, 3.63) is 87.5 Å². The average Bonchev–Trinajstić information content (AvgIpc) is 3.63. The second-order valence-electron chi connectivity index (χ2n) is 20.8. The van der Waals surface area contributed by atoms with E-state index in [0.717, 1.165) is 72.2 Å². The van der Waals surface area contributed by atoms with Crippen molar-refractivity contribution in [1.29, 1.82) is 0 Å². The Morgan fingerprint density at radius 2 is 0.662 bits per heavy atom. The first-order chi connectivity index (χ1) is 33.6. The minimum atomic E-state index is 0.778. The minimum Gasteiger partial charge on any atom is -0.493 e. The summed E-state index contributed by atoms with van der Waals surface area (Å²) in [7, 11) is 0. The molecule has 0 N–H and O–H groups in total. The number of nitrogens with zero attached hydrogens (tertiary/aromatic N) is 2. The van der Waals surface area contributed by atoms with Gasteiger partial charge in [0.25, 0.3) is 0 Å². The van der Waals surface area contributed by atoms with Crippen LogP contribution < -0.4 is 0 Å². The van der Waals surface area contributed by atoms with Crippen molar-refractivity contribution in [3.63, 3.8) is 0 Å². The van der Waals surface area contributed by atoms with Crippen molar-refractivity contribution in [2.24, 2.45) is 0 Å². The Morgan fingerprint density at radius 3 is 1.10 bits per heavy atom. The highest BCUT2D eigenvalue weighted by Crippen LogP contribution is 2.40. The molecule has 3 rings (SSSR count). The van der Waals surface area contributed by atoms with Gasteiger partial charge in [0.05, 0.1) is 0 Å². The molecule has 2 aromatic carbocycles. The predicted octanol–water partition coefficient (Wildman–Crippen LogP) is 21.6. The fourth-order valence-corrected chi connectivity index (χ4v) is 10.0. The summed E-state index contributed by atoms with van der Waals surface area (Å²) in [5, 5.41) is 0. The lowest BCUT2D eigenvalue weighted by molar-refractivity contribution is -0.344. The van der Waals surface area contributed by atoms with Gasteiger partial charge >= 0.3 is 0 Å². The van der Waals surface area contributed by atoms with Crippen molar-refractivity contribution < 1.29 is 4.70 Å². The van der Waals surface area contributed by atoms with E-state index in [4.69, 9.17) is 0 Å². The molecule has 0 atom stereocenters. The van der Waals surface area contributed by atoms with E-state index in [1.165, 1.54) is 247 Å². The molecule has 0 bridgehead atoms. The maximum Gasteiger partial charge on any atom is 0.224 e. The van der Waals surface area contributed by atoms with E-state index in [1.54, 1.807) is 0 Å². The molecule has 0 aliphatic carbocycles. The molecule has 2 aromatic rings. The lowest BCUT2D eigenvalue weighted by Gasteiger charge is -2.10. The molecule has 0 radical (unpaired) electrons.